The molecule has 0 aliphatic carbocycles. The monoisotopic (exact) mass is 304 g/mol. The Labute approximate surface area is 119 Å². The van der Waals surface area contributed by atoms with Gasteiger partial charge < -0.3 is 9.84 Å². The molecule has 21 heavy (non-hydrogen) atoms. The predicted octanol–water partition coefficient (Wildman–Crippen LogP) is 2.82. The fourth-order valence-corrected chi connectivity index (χ4v) is 2.00. The van der Waals surface area contributed by atoms with Gasteiger partial charge in [0.25, 0.3) is 0 Å². The smallest absolute Gasteiger partial charge is 0.390 e. The third kappa shape index (κ3) is 4.47. The lowest BCUT2D eigenvalue weighted by Gasteiger charge is -2.28. The number of alkyl halides is 3. The number of hydrogen-bond acceptors (Lipinski definition) is 3. The molecule has 0 aliphatic rings. The van der Waals surface area contributed by atoms with Crippen molar-refractivity contribution in [3.05, 3.63) is 35.9 Å². The zero-order chi connectivity index (χ0) is 16.1. The number of esters is 1. The van der Waals surface area contributed by atoms with Gasteiger partial charge in [-0.25, -0.2) is 0 Å². The summed E-state index contributed by atoms with van der Waals surface area (Å²) in [7, 11) is 0. The molecule has 0 aliphatic heterocycles. The number of ether oxygens (including phenoxy) is 1. The van der Waals surface area contributed by atoms with Crippen molar-refractivity contribution in [1.82, 2.24) is 0 Å². The van der Waals surface area contributed by atoms with Crippen molar-refractivity contribution >= 4 is 11.9 Å². The molecule has 4 nitrogen and oxygen atoms in total. The van der Waals surface area contributed by atoms with Gasteiger partial charge >= 0.3 is 18.1 Å². The molecule has 1 rings (SSSR count). The SMILES string of the molecule is CCOC(=O)C(Cc1ccccc1)(CC(F)(F)F)C(=O)O. The van der Waals surface area contributed by atoms with Crippen molar-refractivity contribution in [2.24, 2.45) is 5.41 Å². The van der Waals surface area contributed by atoms with Crippen LogP contribution >= 0.6 is 0 Å². The van der Waals surface area contributed by atoms with Crippen LogP contribution in [0, 0.1) is 5.41 Å². The van der Waals surface area contributed by atoms with Crippen LogP contribution < -0.4 is 0 Å². The Morgan fingerprint density at radius 3 is 2.19 bits per heavy atom. The summed E-state index contributed by atoms with van der Waals surface area (Å²) in [5.74, 6) is -3.22. The number of carboxylic acid groups (broad SMARTS) is 1. The molecule has 0 saturated heterocycles. The van der Waals surface area contributed by atoms with Crippen molar-refractivity contribution in [2.45, 2.75) is 25.9 Å². The number of rotatable bonds is 6. The minimum Gasteiger partial charge on any atom is -0.480 e. The summed E-state index contributed by atoms with van der Waals surface area (Å²) in [5.41, 5.74) is -2.35. The summed E-state index contributed by atoms with van der Waals surface area (Å²) in [6, 6.07) is 7.68. The maximum absolute atomic E-state index is 12.7. The van der Waals surface area contributed by atoms with Gasteiger partial charge in [0.15, 0.2) is 5.41 Å². The summed E-state index contributed by atoms with van der Waals surface area (Å²) in [6.45, 7) is 1.21. The summed E-state index contributed by atoms with van der Waals surface area (Å²) < 4.78 is 42.8. The molecule has 1 unspecified atom stereocenters. The lowest BCUT2D eigenvalue weighted by molar-refractivity contribution is -0.193. The number of benzene rings is 1. The van der Waals surface area contributed by atoms with E-state index in [1.165, 1.54) is 19.1 Å². The highest BCUT2D eigenvalue weighted by Crippen LogP contribution is 2.38. The molecule has 1 aromatic carbocycles. The summed E-state index contributed by atoms with van der Waals surface area (Å²) in [5, 5.41) is 9.24. The first-order chi connectivity index (χ1) is 9.71. The molecule has 0 radical (unpaired) electrons. The summed E-state index contributed by atoms with van der Waals surface area (Å²) >= 11 is 0. The fraction of sp³-hybridized carbons (Fsp3) is 0.429. The molecule has 0 spiro atoms. The van der Waals surface area contributed by atoms with E-state index in [2.05, 4.69) is 4.74 Å². The summed E-state index contributed by atoms with van der Waals surface area (Å²) in [6.07, 6.45) is -7.16. The van der Waals surface area contributed by atoms with Gasteiger partial charge in [-0.15, -0.1) is 0 Å². The van der Waals surface area contributed by atoms with E-state index in [0.29, 0.717) is 5.56 Å². The summed E-state index contributed by atoms with van der Waals surface area (Å²) in [4.78, 5) is 23.3. The van der Waals surface area contributed by atoms with Crippen LogP contribution in [0.2, 0.25) is 0 Å². The van der Waals surface area contributed by atoms with Crippen LogP contribution in [0.1, 0.15) is 18.9 Å². The molecule has 116 valence electrons. The Balaban J connectivity index is 3.23. The maximum atomic E-state index is 12.7. The molecule has 0 fully saturated rings. The van der Waals surface area contributed by atoms with Gasteiger partial charge in [-0.3, -0.25) is 9.59 Å². The number of carbonyl (C=O) groups excluding carboxylic acids is 1. The molecule has 0 heterocycles. The van der Waals surface area contributed by atoms with Crippen LogP contribution in [-0.4, -0.2) is 29.8 Å². The first kappa shape index (κ1) is 17.0. The van der Waals surface area contributed by atoms with E-state index in [1.807, 2.05) is 0 Å². The molecule has 0 saturated carbocycles. The van der Waals surface area contributed by atoms with Crippen molar-refractivity contribution < 1.29 is 32.6 Å². The second-order valence-corrected chi connectivity index (χ2v) is 4.56. The van der Waals surface area contributed by atoms with Crippen molar-refractivity contribution in [2.75, 3.05) is 6.61 Å². The van der Waals surface area contributed by atoms with Gasteiger partial charge in [0.1, 0.15) is 0 Å². The van der Waals surface area contributed by atoms with Gasteiger partial charge in [-0.05, 0) is 18.9 Å². The zero-order valence-electron chi connectivity index (χ0n) is 11.3. The normalized spacial score (nSPS) is 14.3. The minimum absolute atomic E-state index is 0.194. The lowest BCUT2D eigenvalue weighted by atomic mass is 9.78. The zero-order valence-corrected chi connectivity index (χ0v) is 11.3. The third-order valence-corrected chi connectivity index (χ3v) is 2.93. The van der Waals surface area contributed by atoms with Crippen molar-refractivity contribution in [3.63, 3.8) is 0 Å². The van der Waals surface area contributed by atoms with Crippen LogP contribution in [0.25, 0.3) is 0 Å². The topological polar surface area (TPSA) is 63.6 Å². The van der Waals surface area contributed by atoms with Crippen LogP contribution in [0.5, 0.6) is 0 Å². The second-order valence-electron chi connectivity index (χ2n) is 4.56. The Morgan fingerprint density at radius 1 is 1.19 bits per heavy atom. The molecule has 0 amide bonds. The molecule has 7 heteroatoms. The molecule has 1 aromatic rings. The predicted molar refractivity (Wildman–Crippen MR) is 67.5 cm³/mol. The number of halogens is 3. The van der Waals surface area contributed by atoms with E-state index >= 15 is 0 Å². The Bertz CT molecular complexity index is 499. The number of carboxylic acids is 1. The largest absolute Gasteiger partial charge is 0.480 e. The van der Waals surface area contributed by atoms with Crippen LogP contribution in [0.15, 0.2) is 30.3 Å². The van der Waals surface area contributed by atoms with E-state index in [-0.39, 0.29) is 6.61 Å². The van der Waals surface area contributed by atoms with Gasteiger partial charge in [0, 0.05) is 0 Å². The average molecular weight is 304 g/mol. The molecular weight excluding hydrogens is 289 g/mol. The number of aliphatic carboxylic acids is 1. The Morgan fingerprint density at radius 2 is 1.76 bits per heavy atom. The van der Waals surface area contributed by atoms with Crippen LogP contribution in [0.3, 0.4) is 0 Å². The molecule has 0 aromatic heterocycles. The minimum atomic E-state index is -4.81. The Hall–Kier alpha value is -2.05. The van der Waals surface area contributed by atoms with E-state index in [1.54, 1.807) is 18.2 Å². The first-order valence-electron chi connectivity index (χ1n) is 6.22. The molecular formula is C14H15F3O4. The van der Waals surface area contributed by atoms with E-state index in [0.717, 1.165) is 0 Å². The second kappa shape index (κ2) is 6.60. The highest BCUT2D eigenvalue weighted by molar-refractivity contribution is 5.99. The lowest BCUT2D eigenvalue weighted by Crippen LogP contribution is -2.46. The van der Waals surface area contributed by atoms with Gasteiger partial charge in [-0.2, -0.15) is 13.2 Å². The third-order valence-electron chi connectivity index (χ3n) is 2.93. The number of carbonyl (C=O) groups is 2. The Kier molecular flexibility index (Phi) is 5.34. The van der Waals surface area contributed by atoms with Gasteiger partial charge in [-0.1, -0.05) is 30.3 Å². The molecule has 1 atom stereocenters. The highest BCUT2D eigenvalue weighted by Gasteiger charge is 2.54. The van der Waals surface area contributed by atoms with E-state index < -0.39 is 36.4 Å². The van der Waals surface area contributed by atoms with Crippen LogP contribution in [-0.2, 0) is 20.7 Å². The van der Waals surface area contributed by atoms with Gasteiger partial charge in [0.2, 0.25) is 0 Å². The fourth-order valence-electron chi connectivity index (χ4n) is 2.00. The molecule has 1 N–H and O–H groups in total. The quantitative estimate of drug-likeness (QED) is 0.648. The van der Waals surface area contributed by atoms with Crippen LogP contribution in [0.4, 0.5) is 13.2 Å². The number of hydrogen-bond donors (Lipinski definition) is 1. The van der Waals surface area contributed by atoms with Gasteiger partial charge in [0.05, 0.1) is 13.0 Å². The van der Waals surface area contributed by atoms with Crippen molar-refractivity contribution in [3.8, 4) is 0 Å². The molecule has 0 bridgehead atoms. The van der Waals surface area contributed by atoms with Crippen molar-refractivity contribution in [1.29, 1.82) is 0 Å². The highest BCUT2D eigenvalue weighted by atomic mass is 19.4. The first-order valence-corrected chi connectivity index (χ1v) is 6.22. The average Bonchev–Trinajstić information content (AvgIpc) is 2.37. The van der Waals surface area contributed by atoms with E-state index in [9.17, 15) is 27.9 Å². The maximum Gasteiger partial charge on any atom is 0.390 e. The standard InChI is InChI=1S/C14H15F3O4/c1-2-21-12(20)13(11(18)19,9-14(15,16)17)8-10-6-4-3-5-7-10/h3-7H,2,8-9H2,1H3,(H,18,19). The van der Waals surface area contributed by atoms with E-state index in [4.69, 9.17) is 0 Å².